The first-order chi connectivity index (χ1) is 16.9. The minimum absolute atomic E-state index is 0.00972. The first kappa shape index (κ1) is 24.6. The second-order valence-electron chi connectivity index (χ2n) is 8.51. The molecule has 35 heavy (non-hydrogen) atoms. The molecule has 1 heterocycles. The number of rotatable bonds is 9. The Morgan fingerprint density at radius 1 is 0.943 bits per heavy atom. The molecule has 0 aliphatic carbocycles. The molecule has 0 unspecified atom stereocenters. The number of hydrogen-bond acceptors (Lipinski definition) is 4. The Balaban J connectivity index is 1.54. The maximum Gasteiger partial charge on any atom is 0.241 e. The Morgan fingerprint density at radius 3 is 2.26 bits per heavy atom. The number of nitrogens with zero attached hydrogens (tertiary/aromatic N) is 1. The van der Waals surface area contributed by atoms with E-state index >= 15 is 0 Å². The Labute approximate surface area is 206 Å². The van der Waals surface area contributed by atoms with Gasteiger partial charge in [-0.2, -0.15) is 4.72 Å². The van der Waals surface area contributed by atoms with E-state index in [1.54, 1.807) is 24.0 Å². The molecule has 0 saturated heterocycles. The van der Waals surface area contributed by atoms with Crippen LogP contribution in [0.15, 0.2) is 83.8 Å². The van der Waals surface area contributed by atoms with Crippen LogP contribution in [0.25, 0.3) is 0 Å². The second-order valence-corrected chi connectivity index (χ2v) is 10.2. The van der Waals surface area contributed by atoms with Crippen LogP contribution in [0, 0.1) is 0 Å². The molecule has 0 radical (unpaired) electrons. The van der Waals surface area contributed by atoms with Gasteiger partial charge in [-0.05, 0) is 47.7 Å². The Bertz CT molecular complexity index is 1290. The number of carbonyl (C=O) groups is 2. The highest BCUT2D eigenvalue weighted by molar-refractivity contribution is 7.89. The van der Waals surface area contributed by atoms with Crippen LogP contribution in [0.1, 0.15) is 30.0 Å². The molecule has 3 aromatic carbocycles. The highest BCUT2D eigenvalue weighted by Gasteiger charge is 2.29. The van der Waals surface area contributed by atoms with Crippen LogP contribution < -0.4 is 14.9 Å². The first-order valence-corrected chi connectivity index (χ1v) is 13.2. The Kier molecular flexibility index (Phi) is 7.63. The fraction of sp³-hybridized carbons (Fsp3) is 0.259. The molecular formula is C27H29N3O4S. The van der Waals surface area contributed by atoms with Gasteiger partial charge in [-0.3, -0.25) is 9.59 Å². The van der Waals surface area contributed by atoms with Gasteiger partial charge < -0.3 is 10.2 Å². The van der Waals surface area contributed by atoms with E-state index in [-0.39, 0.29) is 17.2 Å². The van der Waals surface area contributed by atoms with Crippen molar-refractivity contribution in [3.05, 3.63) is 95.6 Å². The molecule has 0 fully saturated rings. The molecule has 182 valence electrons. The monoisotopic (exact) mass is 491 g/mol. The minimum Gasteiger partial charge on any atom is -0.351 e. The molecule has 0 spiro atoms. The topological polar surface area (TPSA) is 95.6 Å². The van der Waals surface area contributed by atoms with E-state index in [4.69, 9.17) is 0 Å². The van der Waals surface area contributed by atoms with Crippen molar-refractivity contribution in [2.45, 2.75) is 43.7 Å². The lowest BCUT2D eigenvalue weighted by Gasteiger charge is -2.20. The van der Waals surface area contributed by atoms with Crippen molar-refractivity contribution in [3.63, 3.8) is 0 Å². The highest BCUT2D eigenvalue weighted by atomic mass is 32.2. The SMILES string of the molecule is CCC(=O)N1CCc2cc(S(=O)(=O)N[C@H](Cc3ccccc3)C(=O)NCc3ccccc3)ccc21. The highest BCUT2D eigenvalue weighted by Crippen LogP contribution is 2.30. The van der Waals surface area contributed by atoms with Crippen molar-refractivity contribution >= 4 is 27.5 Å². The van der Waals surface area contributed by atoms with Crippen LogP contribution in [-0.4, -0.2) is 32.8 Å². The quantitative estimate of drug-likeness (QED) is 0.481. The van der Waals surface area contributed by atoms with E-state index < -0.39 is 22.0 Å². The van der Waals surface area contributed by atoms with E-state index in [0.717, 1.165) is 22.4 Å². The third-order valence-electron chi connectivity index (χ3n) is 6.07. The van der Waals surface area contributed by atoms with E-state index in [1.807, 2.05) is 60.7 Å². The maximum atomic E-state index is 13.3. The smallest absolute Gasteiger partial charge is 0.241 e. The van der Waals surface area contributed by atoms with Crippen molar-refractivity contribution in [2.24, 2.45) is 0 Å². The average Bonchev–Trinajstić information content (AvgIpc) is 3.31. The summed E-state index contributed by atoms with van der Waals surface area (Å²) in [5, 5.41) is 2.85. The molecule has 7 nitrogen and oxygen atoms in total. The maximum absolute atomic E-state index is 13.3. The molecule has 1 aliphatic heterocycles. The fourth-order valence-corrected chi connectivity index (χ4v) is 5.44. The molecule has 0 saturated carbocycles. The van der Waals surface area contributed by atoms with Crippen LogP contribution in [0.4, 0.5) is 5.69 Å². The summed E-state index contributed by atoms with van der Waals surface area (Å²) in [5.74, 6) is -0.391. The Morgan fingerprint density at radius 2 is 1.60 bits per heavy atom. The van der Waals surface area contributed by atoms with Gasteiger partial charge in [-0.15, -0.1) is 0 Å². The van der Waals surface area contributed by atoms with Gasteiger partial charge in [0.05, 0.1) is 4.90 Å². The molecule has 1 atom stereocenters. The zero-order chi connectivity index (χ0) is 24.8. The number of carbonyl (C=O) groups excluding carboxylic acids is 2. The summed E-state index contributed by atoms with van der Waals surface area (Å²) >= 11 is 0. The molecule has 4 rings (SSSR count). The second kappa shape index (κ2) is 10.8. The van der Waals surface area contributed by atoms with Gasteiger partial charge >= 0.3 is 0 Å². The molecule has 8 heteroatoms. The number of nitrogens with one attached hydrogen (secondary N) is 2. The first-order valence-electron chi connectivity index (χ1n) is 11.7. The number of sulfonamides is 1. The summed E-state index contributed by atoms with van der Waals surface area (Å²) in [4.78, 5) is 27.0. The third-order valence-corrected chi connectivity index (χ3v) is 7.54. The van der Waals surface area contributed by atoms with E-state index in [2.05, 4.69) is 10.0 Å². The largest absolute Gasteiger partial charge is 0.351 e. The minimum atomic E-state index is -3.99. The predicted molar refractivity (Wildman–Crippen MR) is 135 cm³/mol. The molecule has 0 bridgehead atoms. The van der Waals surface area contributed by atoms with Crippen LogP contribution in [0.3, 0.4) is 0 Å². The van der Waals surface area contributed by atoms with Crippen molar-refractivity contribution < 1.29 is 18.0 Å². The third kappa shape index (κ3) is 5.96. The van der Waals surface area contributed by atoms with Gasteiger partial charge in [0.25, 0.3) is 0 Å². The lowest BCUT2D eigenvalue weighted by atomic mass is 10.1. The lowest BCUT2D eigenvalue weighted by Crippen LogP contribution is -2.47. The predicted octanol–water partition coefficient (Wildman–Crippen LogP) is 3.19. The van der Waals surface area contributed by atoms with Gasteiger partial charge in [0.1, 0.15) is 6.04 Å². The fourth-order valence-electron chi connectivity index (χ4n) is 4.20. The lowest BCUT2D eigenvalue weighted by molar-refractivity contribution is -0.123. The summed E-state index contributed by atoms with van der Waals surface area (Å²) in [6.45, 7) is 2.64. The normalized spacial score (nSPS) is 13.8. The van der Waals surface area contributed by atoms with E-state index in [0.29, 0.717) is 25.9 Å². The Hall–Kier alpha value is -3.49. The van der Waals surface area contributed by atoms with E-state index in [1.165, 1.54) is 6.07 Å². The van der Waals surface area contributed by atoms with Crippen LogP contribution in [0.5, 0.6) is 0 Å². The van der Waals surface area contributed by atoms with E-state index in [9.17, 15) is 18.0 Å². The van der Waals surface area contributed by atoms with Crippen LogP contribution >= 0.6 is 0 Å². The summed E-state index contributed by atoms with van der Waals surface area (Å²) in [5.41, 5.74) is 3.32. The van der Waals surface area contributed by atoms with Crippen molar-refractivity contribution in [3.8, 4) is 0 Å². The number of anilines is 1. The molecule has 1 aliphatic rings. The van der Waals surface area contributed by atoms with Gasteiger partial charge in [-0.25, -0.2) is 8.42 Å². The van der Waals surface area contributed by atoms with Crippen LogP contribution in [0.2, 0.25) is 0 Å². The van der Waals surface area contributed by atoms with Crippen molar-refractivity contribution in [1.82, 2.24) is 10.0 Å². The van der Waals surface area contributed by atoms with Gasteiger partial charge in [0, 0.05) is 25.2 Å². The van der Waals surface area contributed by atoms with Crippen molar-refractivity contribution in [2.75, 3.05) is 11.4 Å². The average molecular weight is 492 g/mol. The number of hydrogen-bond donors (Lipinski definition) is 2. The zero-order valence-electron chi connectivity index (χ0n) is 19.6. The number of amides is 2. The molecule has 2 N–H and O–H groups in total. The number of fused-ring (bicyclic) bond motifs is 1. The molecule has 3 aromatic rings. The molecular weight excluding hydrogens is 462 g/mol. The van der Waals surface area contributed by atoms with Crippen molar-refractivity contribution in [1.29, 1.82) is 0 Å². The number of benzene rings is 3. The van der Waals surface area contributed by atoms with Gasteiger partial charge in [0.15, 0.2) is 0 Å². The zero-order valence-corrected chi connectivity index (χ0v) is 20.4. The molecule has 0 aromatic heterocycles. The van der Waals surface area contributed by atoms with Gasteiger partial charge in [-0.1, -0.05) is 67.6 Å². The summed E-state index contributed by atoms with van der Waals surface area (Å²) in [6, 6.07) is 22.5. The summed E-state index contributed by atoms with van der Waals surface area (Å²) < 4.78 is 29.2. The molecule has 2 amide bonds. The standard InChI is InChI=1S/C27H29N3O4S/c1-2-26(31)30-16-15-22-18-23(13-14-25(22)30)35(33,34)29-24(17-20-9-5-3-6-10-20)27(32)28-19-21-11-7-4-8-12-21/h3-14,18,24,29H,2,15-17,19H2,1H3,(H,28,32)/t24-/m1/s1. The summed E-state index contributed by atoms with van der Waals surface area (Å²) in [6.07, 6.45) is 1.19. The van der Waals surface area contributed by atoms with Crippen LogP contribution in [-0.2, 0) is 39.0 Å². The summed E-state index contributed by atoms with van der Waals surface area (Å²) in [7, 11) is -3.99. The van der Waals surface area contributed by atoms with Gasteiger partial charge in [0.2, 0.25) is 21.8 Å².